The normalized spacial score (nSPS) is 10.7. The molecule has 2 amide bonds. The lowest BCUT2D eigenvalue weighted by molar-refractivity contribution is 0.0937. The summed E-state index contributed by atoms with van der Waals surface area (Å²) in [6.07, 6.45) is 6.84. The zero-order chi connectivity index (χ0) is 18.9. The van der Waals surface area contributed by atoms with Gasteiger partial charge >= 0.3 is 0 Å². The van der Waals surface area contributed by atoms with E-state index in [0.29, 0.717) is 22.5 Å². The molecule has 2 aromatic rings. The highest BCUT2D eigenvalue weighted by Gasteiger charge is 2.23. The van der Waals surface area contributed by atoms with Crippen LogP contribution in [0.3, 0.4) is 0 Å². The summed E-state index contributed by atoms with van der Waals surface area (Å²) < 4.78 is 0. The molecule has 0 spiro atoms. The standard InChI is InChI=1S/C20H26N2O3S/c1-2-3-4-5-6-7-11-22-20(25)17-16(19(21)24)13-26-18(17)14-9-8-10-15(23)12-14/h8-10,12-13,23H,2-7,11H2,1H3,(H2,21,24)(H,22,25). The second-order valence-electron chi connectivity index (χ2n) is 6.29. The molecule has 26 heavy (non-hydrogen) atoms. The minimum atomic E-state index is -0.627. The third kappa shape index (κ3) is 5.33. The third-order valence-electron chi connectivity index (χ3n) is 4.21. The number of unbranched alkanes of at least 4 members (excludes halogenated alkanes) is 5. The fraction of sp³-hybridized carbons (Fsp3) is 0.400. The van der Waals surface area contributed by atoms with E-state index in [2.05, 4.69) is 12.2 Å². The third-order valence-corrected chi connectivity index (χ3v) is 5.24. The van der Waals surface area contributed by atoms with Gasteiger partial charge in [0, 0.05) is 16.8 Å². The summed E-state index contributed by atoms with van der Waals surface area (Å²) in [5, 5.41) is 14.2. The molecule has 5 nitrogen and oxygen atoms in total. The lowest BCUT2D eigenvalue weighted by Gasteiger charge is -2.08. The van der Waals surface area contributed by atoms with Crippen molar-refractivity contribution in [2.75, 3.05) is 6.54 Å². The highest BCUT2D eigenvalue weighted by Crippen LogP contribution is 2.34. The summed E-state index contributed by atoms with van der Waals surface area (Å²) in [6, 6.07) is 6.62. The number of primary amides is 1. The van der Waals surface area contributed by atoms with Gasteiger partial charge in [-0.1, -0.05) is 51.2 Å². The average molecular weight is 375 g/mol. The van der Waals surface area contributed by atoms with Gasteiger partial charge in [-0.3, -0.25) is 9.59 Å². The lowest BCUT2D eigenvalue weighted by atomic mass is 10.0. The SMILES string of the molecule is CCCCCCCCNC(=O)c1c(C(N)=O)csc1-c1cccc(O)c1. The Morgan fingerprint density at radius 1 is 1.15 bits per heavy atom. The smallest absolute Gasteiger partial charge is 0.253 e. The highest BCUT2D eigenvalue weighted by atomic mass is 32.1. The van der Waals surface area contributed by atoms with E-state index in [1.54, 1.807) is 29.6 Å². The zero-order valence-electron chi connectivity index (χ0n) is 15.1. The number of phenols is 1. The average Bonchev–Trinajstić information content (AvgIpc) is 3.06. The van der Waals surface area contributed by atoms with Gasteiger partial charge in [-0.15, -0.1) is 11.3 Å². The Morgan fingerprint density at radius 2 is 1.88 bits per heavy atom. The topological polar surface area (TPSA) is 92.4 Å². The van der Waals surface area contributed by atoms with Gasteiger partial charge in [-0.05, 0) is 24.1 Å². The van der Waals surface area contributed by atoms with E-state index in [1.807, 2.05) is 0 Å². The maximum absolute atomic E-state index is 12.7. The molecule has 0 atom stereocenters. The summed E-state index contributed by atoms with van der Waals surface area (Å²) in [6.45, 7) is 2.75. The van der Waals surface area contributed by atoms with Gasteiger partial charge in [0.15, 0.2) is 0 Å². The number of benzene rings is 1. The fourth-order valence-electron chi connectivity index (χ4n) is 2.82. The predicted molar refractivity (Wildman–Crippen MR) is 106 cm³/mol. The number of aromatic hydroxyl groups is 1. The summed E-state index contributed by atoms with van der Waals surface area (Å²) in [5.41, 5.74) is 6.63. The van der Waals surface area contributed by atoms with E-state index in [9.17, 15) is 14.7 Å². The van der Waals surface area contributed by atoms with E-state index < -0.39 is 5.91 Å². The molecule has 0 fully saturated rings. The Labute approximate surface area is 158 Å². The predicted octanol–water partition coefficient (Wildman–Crippen LogP) is 4.31. The van der Waals surface area contributed by atoms with E-state index in [-0.39, 0.29) is 17.2 Å². The first-order valence-electron chi connectivity index (χ1n) is 9.03. The molecule has 6 heteroatoms. The Morgan fingerprint density at radius 3 is 2.58 bits per heavy atom. The molecular formula is C20H26N2O3S. The van der Waals surface area contributed by atoms with E-state index in [4.69, 9.17) is 5.73 Å². The first kappa shape index (κ1) is 20.0. The van der Waals surface area contributed by atoms with E-state index in [0.717, 1.165) is 12.8 Å². The monoisotopic (exact) mass is 374 g/mol. The van der Waals surface area contributed by atoms with Gasteiger partial charge < -0.3 is 16.2 Å². The maximum Gasteiger partial charge on any atom is 0.253 e. The van der Waals surface area contributed by atoms with Crippen LogP contribution in [-0.2, 0) is 0 Å². The first-order valence-corrected chi connectivity index (χ1v) is 9.91. The second-order valence-corrected chi connectivity index (χ2v) is 7.17. The number of hydrogen-bond donors (Lipinski definition) is 3. The van der Waals surface area contributed by atoms with Crippen LogP contribution in [0, 0.1) is 0 Å². The molecule has 0 unspecified atom stereocenters. The van der Waals surface area contributed by atoms with Crippen molar-refractivity contribution in [3.8, 4) is 16.2 Å². The second kappa shape index (κ2) is 9.97. The highest BCUT2D eigenvalue weighted by molar-refractivity contribution is 7.14. The minimum absolute atomic E-state index is 0.106. The van der Waals surface area contributed by atoms with Gasteiger partial charge in [-0.25, -0.2) is 0 Å². The molecule has 2 rings (SSSR count). The zero-order valence-corrected chi connectivity index (χ0v) is 15.9. The minimum Gasteiger partial charge on any atom is -0.508 e. The first-order chi connectivity index (χ1) is 12.5. The molecule has 140 valence electrons. The molecule has 1 aromatic heterocycles. The van der Waals surface area contributed by atoms with Crippen LogP contribution in [0.2, 0.25) is 0 Å². The van der Waals surface area contributed by atoms with Crippen molar-refractivity contribution in [1.29, 1.82) is 0 Å². The van der Waals surface area contributed by atoms with Crippen LogP contribution in [0.5, 0.6) is 5.75 Å². The number of carbonyl (C=O) groups excluding carboxylic acids is 2. The quantitative estimate of drug-likeness (QED) is 0.541. The fourth-order valence-corrected chi connectivity index (χ4v) is 3.87. The van der Waals surface area contributed by atoms with Gasteiger partial charge in [0.25, 0.3) is 5.91 Å². The van der Waals surface area contributed by atoms with Crippen LogP contribution in [0.1, 0.15) is 66.2 Å². The molecular weight excluding hydrogens is 348 g/mol. The number of nitrogens with one attached hydrogen (secondary N) is 1. The molecule has 0 aliphatic carbocycles. The van der Waals surface area contributed by atoms with Crippen LogP contribution in [0.25, 0.3) is 10.4 Å². The summed E-state index contributed by atoms with van der Waals surface area (Å²) in [5.74, 6) is -0.820. The van der Waals surface area contributed by atoms with Crippen molar-refractivity contribution in [3.63, 3.8) is 0 Å². The summed E-state index contributed by atoms with van der Waals surface area (Å²) in [4.78, 5) is 25.0. The van der Waals surface area contributed by atoms with Crippen LogP contribution in [-0.4, -0.2) is 23.5 Å². The largest absolute Gasteiger partial charge is 0.508 e. The van der Waals surface area contributed by atoms with Crippen LogP contribution < -0.4 is 11.1 Å². The molecule has 0 saturated heterocycles. The van der Waals surface area contributed by atoms with Crippen LogP contribution in [0.4, 0.5) is 0 Å². The van der Waals surface area contributed by atoms with Crippen molar-refractivity contribution in [2.24, 2.45) is 5.73 Å². The molecule has 1 heterocycles. The van der Waals surface area contributed by atoms with Crippen molar-refractivity contribution in [1.82, 2.24) is 5.32 Å². The van der Waals surface area contributed by atoms with Gasteiger partial charge in [-0.2, -0.15) is 0 Å². The number of nitrogens with two attached hydrogens (primary N) is 1. The van der Waals surface area contributed by atoms with Crippen molar-refractivity contribution in [3.05, 3.63) is 40.8 Å². The molecule has 0 radical (unpaired) electrons. The number of rotatable bonds is 10. The molecule has 0 saturated carbocycles. The number of thiophene rings is 1. The summed E-state index contributed by atoms with van der Waals surface area (Å²) >= 11 is 1.27. The molecule has 0 aliphatic heterocycles. The molecule has 4 N–H and O–H groups in total. The Kier molecular flexibility index (Phi) is 7.66. The van der Waals surface area contributed by atoms with Gasteiger partial charge in [0.2, 0.25) is 5.91 Å². The van der Waals surface area contributed by atoms with Gasteiger partial charge in [0.1, 0.15) is 5.75 Å². The molecule has 0 bridgehead atoms. The maximum atomic E-state index is 12.7. The summed E-state index contributed by atoms with van der Waals surface area (Å²) in [7, 11) is 0. The van der Waals surface area contributed by atoms with Crippen LogP contribution >= 0.6 is 11.3 Å². The van der Waals surface area contributed by atoms with E-state index >= 15 is 0 Å². The van der Waals surface area contributed by atoms with Crippen molar-refractivity contribution < 1.29 is 14.7 Å². The van der Waals surface area contributed by atoms with Crippen molar-refractivity contribution in [2.45, 2.75) is 45.4 Å². The van der Waals surface area contributed by atoms with Crippen LogP contribution in [0.15, 0.2) is 29.6 Å². The van der Waals surface area contributed by atoms with E-state index in [1.165, 1.54) is 37.0 Å². The van der Waals surface area contributed by atoms with Crippen molar-refractivity contribution >= 4 is 23.2 Å². The Bertz CT molecular complexity index is 755. The number of phenolic OH excluding ortho intramolecular Hbond substituents is 1. The number of amides is 2. The lowest BCUT2D eigenvalue weighted by Crippen LogP contribution is -2.27. The molecule has 0 aliphatic rings. The molecule has 1 aromatic carbocycles. The number of hydrogen-bond acceptors (Lipinski definition) is 4. The Balaban J connectivity index is 2.07. The number of carbonyl (C=O) groups is 2. The Hall–Kier alpha value is -2.34. The van der Waals surface area contributed by atoms with Gasteiger partial charge in [0.05, 0.1) is 11.1 Å².